The number of aliphatic carboxylic acids is 1. The van der Waals surface area contributed by atoms with Gasteiger partial charge in [-0.05, 0) is 12.1 Å². The van der Waals surface area contributed by atoms with E-state index in [2.05, 4.69) is 0 Å². The predicted octanol–water partition coefficient (Wildman–Crippen LogP) is 0.0306. The van der Waals surface area contributed by atoms with Crippen LogP contribution in [0, 0.1) is 5.82 Å². The Morgan fingerprint density at radius 3 is 2.61 bits per heavy atom. The summed E-state index contributed by atoms with van der Waals surface area (Å²) in [6, 6.07) is 3.32. The molecule has 0 aromatic heterocycles. The number of para-hydroxylation sites is 1. The van der Waals surface area contributed by atoms with Gasteiger partial charge < -0.3 is 5.11 Å². The first-order valence-corrected chi connectivity index (χ1v) is 6.56. The number of halogens is 1. The molecule has 0 atom stereocenters. The van der Waals surface area contributed by atoms with E-state index in [-0.39, 0.29) is 11.4 Å². The van der Waals surface area contributed by atoms with E-state index in [9.17, 15) is 22.4 Å². The molecule has 6 nitrogen and oxygen atoms in total. The third-order valence-electron chi connectivity index (χ3n) is 2.57. The van der Waals surface area contributed by atoms with Crippen LogP contribution < -0.4 is 4.90 Å². The molecule has 8 heteroatoms. The van der Waals surface area contributed by atoms with Gasteiger partial charge in [0.1, 0.15) is 5.82 Å². The van der Waals surface area contributed by atoms with Gasteiger partial charge in [0, 0.05) is 6.54 Å². The van der Waals surface area contributed by atoms with Gasteiger partial charge in [-0.2, -0.15) is 0 Å². The molecule has 0 saturated heterocycles. The molecule has 0 spiro atoms. The first-order valence-electron chi connectivity index (χ1n) is 4.90. The molecule has 1 heterocycles. The Kier molecular flexibility index (Phi) is 2.81. The summed E-state index contributed by atoms with van der Waals surface area (Å²) in [5, 5.41) is 8.62. The topological polar surface area (TPSA) is 91.8 Å². The van der Waals surface area contributed by atoms with Crippen molar-refractivity contribution in [2.75, 3.05) is 17.2 Å². The van der Waals surface area contributed by atoms with Gasteiger partial charge in [-0.1, -0.05) is 6.07 Å². The van der Waals surface area contributed by atoms with Crippen LogP contribution >= 0.6 is 0 Å². The molecule has 1 aliphatic heterocycles. The van der Waals surface area contributed by atoms with Gasteiger partial charge in [-0.25, -0.2) is 17.6 Å². The second kappa shape index (κ2) is 4.05. The van der Waals surface area contributed by atoms with Crippen molar-refractivity contribution in [3.8, 4) is 0 Å². The van der Waals surface area contributed by atoms with Crippen molar-refractivity contribution in [1.29, 1.82) is 0 Å². The third-order valence-corrected chi connectivity index (χ3v) is 4.29. The predicted molar refractivity (Wildman–Crippen MR) is 58.4 cm³/mol. The Bertz CT molecular complexity index is 640. The Morgan fingerprint density at radius 1 is 1.33 bits per heavy atom. The van der Waals surface area contributed by atoms with Gasteiger partial charge in [0.15, 0.2) is 9.84 Å². The number of hydrogen-bond acceptors (Lipinski definition) is 4. The Labute approximate surface area is 102 Å². The van der Waals surface area contributed by atoms with E-state index in [1.807, 2.05) is 0 Å². The highest BCUT2D eigenvalue weighted by molar-refractivity contribution is 7.91. The van der Waals surface area contributed by atoms with E-state index in [4.69, 9.17) is 5.11 Å². The summed E-state index contributed by atoms with van der Waals surface area (Å²) in [5.41, 5.74) is -0.490. The lowest BCUT2D eigenvalue weighted by atomic mass is 10.2. The highest BCUT2D eigenvalue weighted by Crippen LogP contribution is 2.32. The van der Waals surface area contributed by atoms with Gasteiger partial charge >= 0.3 is 11.9 Å². The summed E-state index contributed by atoms with van der Waals surface area (Å²) in [4.78, 5) is 22.3. The number of carbonyl (C=O) groups is 2. The number of carboxylic acid groups (broad SMARTS) is 1. The highest BCUT2D eigenvalue weighted by Gasteiger charge is 2.36. The zero-order valence-electron chi connectivity index (χ0n) is 8.96. The molecule has 18 heavy (non-hydrogen) atoms. The van der Waals surface area contributed by atoms with E-state index in [1.165, 1.54) is 6.07 Å². The number of carbonyl (C=O) groups excluding carboxylic acids is 1. The summed E-state index contributed by atoms with van der Waals surface area (Å²) < 4.78 is 37.1. The van der Waals surface area contributed by atoms with E-state index >= 15 is 0 Å². The van der Waals surface area contributed by atoms with Crippen LogP contribution in [0.15, 0.2) is 23.1 Å². The molecule has 1 aromatic carbocycles. The van der Waals surface area contributed by atoms with Crippen LogP contribution in [0.2, 0.25) is 0 Å². The average Bonchev–Trinajstić information content (AvgIpc) is 2.29. The number of nitrogens with zero attached hydrogens (tertiary/aromatic N) is 1. The maximum absolute atomic E-state index is 13.6. The molecule has 0 aliphatic carbocycles. The Hall–Kier alpha value is -1.96. The second-order valence-electron chi connectivity index (χ2n) is 3.67. The number of carboxylic acids is 1. The zero-order chi connectivity index (χ0) is 13.5. The zero-order valence-corrected chi connectivity index (χ0v) is 9.78. The van der Waals surface area contributed by atoms with Crippen LogP contribution in [-0.4, -0.2) is 37.7 Å². The number of benzene rings is 1. The molecule has 0 radical (unpaired) electrons. The maximum atomic E-state index is 13.6. The highest BCUT2D eigenvalue weighted by atomic mass is 32.2. The fraction of sp³-hybridized carbons (Fsp3) is 0.200. The SMILES string of the molecule is O=C(O)C(=O)N1CCS(=O)(=O)c2cccc(F)c21. The van der Waals surface area contributed by atoms with Crippen molar-refractivity contribution in [3.63, 3.8) is 0 Å². The minimum Gasteiger partial charge on any atom is -0.474 e. The first-order chi connectivity index (χ1) is 8.34. The molecule has 1 aliphatic rings. The maximum Gasteiger partial charge on any atom is 0.394 e. The summed E-state index contributed by atoms with van der Waals surface area (Å²) in [5.74, 6) is -4.48. The quantitative estimate of drug-likeness (QED) is 0.673. The van der Waals surface area contributed by atoms with Crippen molar-refractivity contribution >= 4 is 27.4 Å². The van der Waals surface area contributed by atoms with Crippen LogP contribution in [0.4, 0.5) is 10.1 Å². The molecule has 96 valence electrons. The minimum atomic E-state index is -3.68. The number of fused-ring (bicyclic) bond motifs is 1. The molecule has 2 rings (SSSR count). The molecule has 1 amide bonds. The lowest BCUT2D eigenvalue weighted by Crippen LogP contribution is -2.43. The van der Waals surface area contributed by atoms with Gasteiger partial charge in [-0.15, -0.1) is 0 Å². The fourth-order valence-electron chi connectivity index (χ4n) is 1.76. The fourth-order valence-corrected chi connectivity index (χ4v) is 3.19. The summed E-state index contributed by atoms with van der Waals surface area (Å²) in [7, 11) is -3.68. The molecule has 1 aromatic rings. The normalized spacial score (nSPS) is 17.1. The monoisotopic (exact) mass is 273 g/mol. The van der Waals surface area contributed by atoms with Crippen LogP contribution in [0.3, 0.4) is 0 Å². The third kappa shape index (κ3) is 1.84. The van der Waals surface area contributed by atoms with Crippen molar-refractivity contribution < 1.29 is 27.5 Å². The summed E-state index contributed by atoms with van der Waals surface area (Å²) >= 11 is 0. The molecular formula is C10H8FNO5S. The van der Waals surface area contributed by atoms with Crippen molar-refractivity contribution in [1.82, 2.24) is 0 Å². The lowest BCUT2D eigenvalue weighted by Gasteiger charge is -2.28. The second-order valence-corrected chi connectivity index (χ2v) is 5.74. The smallest absolute Gasteiger partial charge is 0.394 e. The van der Waals surface area contributed by atoms with Crippen molar-refractivity contribution in [3.05, 3.63) is 24.0 Å². The first kappa shape index (κ1) is 12.5. The number of rotatable bonds is 0. The summed E-state index contributed by atoms with van der Waals surface area (Å²) in [6.45, 7) is -0.374. The minimum absolute atomic E-state index is 0.358. The van der Waals surface area contributed by atoms with Crippen molar-refractivity contribution in [2.24, 2.45) is 0 Å². The number of anilines is 1. The lowest BCUT2D eigenvalue weighted by molar-refractivity contribution is -0.148. The number of amides is 1. The largest absolute Gasteiger partial charge is 0.474 e. The Balaban J connectivity index is 2.66. The molecule has 0 saturated carbocycles. The van der Waals surface area contributed by atoms with E-state index in [0.29, 0.717) is 4.90 Å². The van der Waals surface area contributed by atoms with Gasteiger partial charge in [0.05, 0.1) is 16.3 Å². The van der Waals surface area contributed by atoms with E-state index in [0.717, 1.165) is 12.1 Å². The molecule has 0 unspecified atom stereocenters. The average molecular weight is 273 g/mol. The van der Waals surface area contributed by atoms with Gasteiger partial charge in [0.25, 0.3) is 0 Å². The molecule has 1 N–H and O–H groups in total. The van der Waals surface area contributed by atoms with Gasteiger partial charge in [-0.3, -0.25) is 9.69 Å². The standard InChI is InChI=1S/C10H8FNO5S/c11-6-2-1-3-7-8(6)12(9(13)10(14)15)4-5-18(7,16)17/h1-3H,4-5H2,(H,14,15). The van der Waals surface area contributed by atoms with Crippen LogP contribution in [-0.2, 0) is 19.4 Å². The van der Waals surface area contributed by atoms with Crippen LogP contribution in [0.1, 0.15) is 0 Å². The molecule has 0 fully saturated rings. The van der Waals surface area contributed by atoms with E-state index in [1.54, 1.807) is 0 Å². The van der Waals surface area contributed by atoms with Crippen LogP contribution in [0.25, 0.3) is 0 Å². The molecule has 0 bridgehead atoms. The molecular weight excluding hydrogens is 265 g/mol. The number of sulfone groups is 1. The van der Waals surface area contributed by atoms with E-state index < -0.39 is 39.0 Å². The van der Waals surface area contributed by atoms with Crippen LogP contribution in [0.5, 0.6) is 0 Å². The Morgan fingerprint density at radius 2 is 2.00 bits per heavy atom. The van der Waals surface area contributed by atoms with Gasteiger partial charge in [0.2, 0.25) is 0 Å². The number of hydrogen-bond donors (Lipinski definition) is 1. The van der Waals surface area contributed by atoms with Crippen molar-refractivity contribution in [2.45, 2.75) is 4.90 Å². The summed E-state index contributed by atoms with van der Waals surface area (Å²) in [6.07, 6.45) is 0.